The predicted molar refractivity (Wildman–Crippen MR) is 65.5 cm³/mol. The van der Waals surface area contributed by atoms with E-state index in [4.69, 9.17) is 9.52 Å². The molecule has 1 unspecified atom stereocenters. The summed E-state index contributed by atoms with van der Waals surface area (Å²) in [6, 6.07) is -0.523. The van der Waals surface area contributed by atoms with E-state index in [0.29, 0.717) is 24.7 Å². The molecule has 2 amide bonds. The zero-order chi connectivity index (χ0) is 14.0. The topological polar surface area (TPSA) is 95.7 Å². The minimum atomic E-state index is -0.825. The highest BCUT2D eigenvalue weighted by Gasteiger charge is 2.32. The van der Waals surface area contributed by atoms with E-state index < -0.39 is 5.97 Å². The molecule has 2 N–H and O–H groups in total. The Morgan fingerprint density at radius 1 is 1.63 bits per heavy atom. The van der Waals surface area contributed by atoms with Crippen LogP contribution < -0.4 is 5.32 Å². The van der Waals surface area contributed by atoms with Crippen molar-refractivity contribution in [3.05, 3.63) is 17.8 Å². The molecule has 0 aliphatic carbocycles. The Labute approximate surface area is 110 Å². The van der Waals surface area contributed by atoms with Crippen LogP contribution in [0, 0.1) is 12.8 Å². The standard InChI is InChI=1S/C12H17N3O4/c1-7-4-13-11(19-7)8(2)14-12(18)15-5-9(6-15)3-10(16)17/h4,8-9H,3,5-6H2,1-2H3,(H,14,18)(H,16,17). The molecule has 0 saturated carbocycles. The third-order valence-electron chi connectivity index (χ3n) is 3.06. The smallest absolute Gasteiger partial charge is 0.318 e. The van der Waals surface area contributed by atoms with Gasteiger partial charge in [-0.15, -0.1) is 0 Å². The van der Waals surface area contributed by atoms with Crippen molar-refractivity contribution in [2.45, 2.75) is 26.3 Å². The Bertz CT molecular complexity index is 479. The van der Waals surface area contributed by atoms with Crippen molar-refractivity contribution in [3.8, 4) is 0 Å². The maximum Gasteiger partial charge on any atom is 0.318 e. The molecule has 2 rings (SSSR count). The number of amides is 2. The summed E-state index contributed by atoms with van der Waals surface area (Å²) in [5, 5.41) is 11.4. The molecule has 7 nitrogen and oxygen atoms in total. The molecule has 7 heteroatoms. The van der Waals surface area contributed by atoms with Crippen molar-refractivity contribution in [2.24, 2.45) is 5.92 Å². The van der Waals surface area contributed by atoms with Crippen LogP contribution in [-0.4, -0.2) is 40.1 Å². The maximum atomic E-state index is 11.8. The number of urea groups is 1. The summed E-state index contributed by atoms with van der Waals surface area (Å²) < 4.78 is 5.33. The Kier molecular flexibility index (Phi) is 3.73. The molecule has 1 aliphatic rings. The van der Waals surface area contributed by atoms with E-state index in [0.717, 1.165) is 0 Å². The summed E-state index contributed by atoms with van der Waals surface area (Å²) in [4.78, 5) is 28.0. The zero-order valence-corrected chi connectivity index (χ0v) is 10.9. The van der Waals surface area contributed by atoms with Crippen LogP contribution in [0.1, 0.15) is 31.0 Å². The Hall–Kier alpha value is -2.05. The molecule has 0 bridgehead atoms. The highest BCUT2D eigenvalue weighted by molar-refractivity contribution is 5.76. The molecule has 0 spiro atoms. The van der Waals surface area contributed by atoms with Gasteiger partial charge in [0.25, 0.3) is 0 Å². The fourth-order valence-electron chi connectivity index (χ4n) is 2.02. The van der Waals surface area contributed by atoms with Gasteiger partial charge >= 0.3 is 12.0 Å². The van der Waals surface area contributed by atoms with Gasteiger partial charge in [-0.3, -0.25) is 4.79 Å². The molecule has 1 aliphatic heterocycles. The quantitative estimate of drug-likeness (QED) is 0.853. The lowest BCUT2D eigenvalue weighted by molar-refractivity contribution is -0.139. The number of carboxylic acid groups (broad SMARTS) is 1. The SMILES string of the molecule is Cc1cnc(C(C)NC(=O)N2CC(CC(=O)O)C2)o1. The van der Waals surface area contributed by atoms with Crippen LogP contribution >= 0.6 is 0 Å². The van der Waals surface area contributed by atoms with Crippen LogP contribution in [0.4, 0.5) is 4.79 Å². The van der Waals surface area contributed by atoms with Gasteiger partial charge in [0.1, 0.15) is 11.8 Å². The fraction of sp³-hybridized carbons (Fsp3) is 0.583. The van der Waals surface area contributed by atoms with Gasteiger partial charge in [0.2, 0.25) is 5.89 Å². The summed E-state index contributed by atoms with van der Waals surface area (Å²) in [5.74, 6) is 0.395. The van der Waals surface area contributed by atoms with Crippen molar-refractivity contribution in [3.63, 3.8) is 0 Å². The predicted octanol–water partition coefficient (Wildman–Crippen LogP) is 1.16. The van der Waals surface area contributed by atoms with Crippen LogP contribution in [0.5, 0.6) is 0 Å². The van der Waals surface area contributed by atoms with Crippen molar-refractivity contribution < 1.29 is 19.1 Å². The van der Waals surface area contributed by atoms with Crippen molar-refractivity contribution in [1.29, 1.82) is 0 Å². The zero-order valence-electron chi connectivity index (χ0n) is 10.9. The molecular weight excluding hydrogens is 250 g/mol. The molecular formula is C12H17N3O4. The highest BCUT2D eigenvalue weighted by Crippen LogP contribution is 2.20. The molecule has 0 radical (unpaired) electrons. The van der Waals surface area contributed by atoms with E-state index in [2.05, 4.69) is 10.3 Å². The Morgan fingerprint density at radius 2 is 2.32 bits per heavy atom. The Morgan fingerprint density at radius 3 is 2.84 bits per heavy atom. The molecule has 19 heavy (non-hydrogen) atoms. The highest BCUT2D eigenvalue weighted by atomic mass is 16.4. The van der Waals surface area contributed by atoms with Crippen LogP contribution in [0.2, 0.25) is 0 Å². The summed E-state index contributed by atoms with van der Waals surface area (Å²) in [6.45, 7) is 4.54. The summed E-state index contributed by atoms with van der Waals surface area (Å²) in [6.07, 6.45) is 1.71. The van der Waals surface area contributed by atoms with Gasteiger partial charge < -0.3 is 19.7 Å². The number of carboxylic acids is 1. The number of nitrogens with zero attached hydrogens (tertiary/aromatic N) is 2. The van der Waals surface area contributed by atoms with E-state index >= 15 is 0 Å². The summed E-state index contributed by atoms with van der Waals surface area (Å²) >= 11 is 0. The second kappa shape index (κ2) is 5.29. The molecule has 104 valence electrons. The molecule has 2 heterocycles. The second-order valence-corrected chi connectivity index (χ2v) is 4.85. The van der Waals surface area contributed by atoms with Crippen molar-refractivity contribution in [2.75, 3.05) is 13.1 Å². The first-order valence-electron chi connectivity index (χ1n) is 6.15. The minimum absolute atomic E-state index is 0.0579. The van der Waals surface area contributed by atoms with E-state index in [1.54, 1.807) is 24.9 Å². The maximum absolute atomic E-state index is 11.8. The third-order valence-corrected chi connectivity index (χ3v) is 3.06. The lowest BCUT2D eigenvalue weighted by atomic mass is 9.97. The number of likely N-dealkylation sites (tertiary alicyclic amines) is 1. The van der Waals surface area contributed by atoms with E-state index in [1.165, 1.54) is 0 Å². The molecule has 1 atom stereocenters. The van der Waals surface area contributed by atoms with Gasteiger partial charge in [-0.05, 0) is 13.8 Å². The van der Waals surface area contributed by atoms with Gasteiger partial charge in [-0.1, -0.05) is 0 Å². The number of aliphatic carboxylic acids is 1. The number of oxazole rings is 1. The first-order chi connectivity index (χ1) is 8.95. The van der Waals surface area contributed by atoms with Gasteiger partial charge in [0, 0.05) is 19.0 Å². The number of rotatable bonds is 4. The number of aromatic nitrogens is 1. The summed E-state index contributed by atoms with van der Waals surface area (Å²) in [7, 11) is 0. The van der Waals surface area contributed by atoms with Gasteiger partial charge in [0.15, 0.2) is 0 Å². The van der Waals surface area contributed by atoms with Gasteiger partial charge in [0.05, 0.1) is 12.6 Å². The largest absolute Gasteiger partial charge is 0.481 e. The van der Waals surface area contributed by atoms with Crippen LogP contribution in [-0.2, 0) is 4.79 Å². The van der Waals surface area contributed by atoms with Gasteiger partial charge in [-0.25, -0.2) is 9.78 Å². The average Bonchev–Trinajstić information content (AvgIpc) is 2.69. The Balaban J connectivity index is 1.78. The molecule has 1 aromatic heterocycles. The minimum Gasteiger partial charge on any atom is -0.481 e. The molecule has 1 saturated heterocycles. The van der Waals surface area contributed by atoms with Crippen molar-refractivity contribution in [1.82, 2.24) is 15.2 Å². The number of hydrogen-bond acceptors (Lipinski definition) is 4. The monoisotopic (exact) mass is 267 g/mol. The lowest BCUT2D eigenvalue weighted by Crippen LogP contribution is -2.54. The van der Waals surface area contributed by atoms with Gasteiger partial charge in [-0.2, -0.15) is 0 Å². The van der Waals surface area contributed by atoms with E-state index in [1.807, 2.05) is 0 Å². The number of aryl methyl sites for hydroxylation is 1. The first kappa shape index (κ1) is 13.4. The van der Waals surface area contributed by atoms with E-state index in [9.17, 15) is 9.59 Å². The number of hydrogen-bond donors (Lipinski definition) is 2. The second-order valence-electron chi connectivity index (χ2n) is 4.85. The van der Waals surface area contributed by atoms with Crippen LogP contribution in [0.3, 0.4) is 0 Å². The fourth-order valence-corrected chi connectivity index (χ4v) is 2.02. The van der Waals surface area contributed by atoms with Crippen LogP contribution in [0.15, 0.2) is 10.6 Å². The lowest BCUT2D eigenvalue weighted by Gasteiger charge is -2.38. The van der Waals surface area contributed by atoms with E-state index in [-0.39, 0.29) is 24.4 Å². The third kappa shape index (κ3) is 3.24. The summed E-state index contributed by atoms with van der Waals surface area (Å²) in [5.41, 5.74) is 0. The molecule has 1 fully saturated rings. The first-order valence-corrected chi connectivity index (χ1v) is 6.15. The number of nitrogens with one attached hydrogen (secondary N) is 1. The molecule has 1 aromatic rings. The molecule has 0 aromatic carbocycles. The normalized spacial score (nSPS) is 16.8. The number of carbonyl (C=O) groups excluding carboxylic acids is 1. The van der Waals surface area contributed by atoms with Crippen LogP contribution in [0.25, 0.3) is 0 Å². The number of carbonyl (C=O) groups is 2. The average molecular weight is 267 g/mol. The van der Waals surface area contributed by atoms with Crippen molar-refractivity contribution >= 4 is 12.0 Å².